The van der Waals surface area contributed by atoms with Crippen molar-refractivity contribution in [1.82, 2.24) is 5.32 Å². The van der Waals surface area contributed by atoms with Crippen molar-refractivity contribution in [2.45, 2.75) is 38.8 Å². The van der Waals surface area contributed by atoms with Gasteiger partial charge in [-0.1, -0.05) is 29.3 Å². The average Bonchev–Trinajstić information content (AvgIpc) is 2.72. The normalized spacial score (nSPS) is 23.2. The number of rotatable bonds is 4. The number of hydrogen-bond donors (Lipinski definition) is 1. The van der Waals surface area contributed by atoms with Gasteiger partial charge >= 0.3 is 0 Å². The van der Waals surface area contributed by atoms with Crippen LogP contribution in [0.1, 0.15) is 31.7 Å². The van der Waals surface area contributed by atoms with Crippen LogP contribution in [0.15, 0.2) is 22.7 Å². The number of nitrogens with zero attached hydrogens (tertiary/aromatic N) is 1. The third kappa shape index (κ3) is 3.09. The summed E-state index contributed by atoms with van der Waals surface area (Å²) in [6.07, 6.45) is 3.67. The largest absolute Gasteiger partial charge is 0.309 e. The molecule has 1 aliphatic carbocycles. The molecule has 98 valence electrons. The zero-order chi connectivity index (χ0) is 13.1. The van der Waals surface area contributed by atoms with Gasteiger partial charge in [0.2, 0.25) is 0 Å². The molecule has 1 saturated carbocycles. The Kier molecular flexibility index (Phi) is 4.35. The molecular formula is C13H17BrN2O2. The van der Waals surface area contributed by atoms with Crippen LogP contribution < -0.4 is 5.32 Å². The molecule has 5 heteroatoms. The second-order valence-electron chi connectivity index (χ2n) is 4.93. The predicted molar refractivity (Wildman–Crippen MR) is 74.4 cm³/mol. The molecule has 0 bridgehead atoms. The lowest BCUT2D eigenvalue weighted by Crippen LogP contribution is -2.30. The monoisotopic (exact) mass is 312 g/mol. The highest BCUT2D eigenvalue weighted by Crippen LogP contribution is 2.27. The van der Waals surface area contributed by atoms with Crippen LogP contribution in [0, 0.1) is 16.0 Å². The maximum absolute atomic E-state index is 11.0. The third-order valence-electron chi connectivity index (χ3n) is 3.65. The van der Waals surface area contributed by atoms with E-state index in [0.717, 1.165) is 10.0 Å². The smallest absolute Gasteiger partial charge is 0.273 e. The van der Waals surface area contributed by atoms with E-state index in [1.165, 1.54) is 19.3 Å². The quantitative estimate of drug-likeness (QED) is 0.682. The Morgan fingerprint density at radius 3 is 2.89 bits per heavy atom. The van der Waals surface area contributed by atoms with Gasteiger partial charge in [-0.05, 0) is 30.9 Å². The van der Waals surface area contributed by atoms with Crippen LogP contribution in [0.5, 0.6) is 0 Å². The molecule has 1 N–H and O–H groups in total. The predicted octanol–water partition coefficient (Wildman–Crippen LogP) is 3.64. The lowest BCUT2D eigenvalue weighted by Gasteiger charge is -2.17. The van der Waals surface area contributed by atoms with E-state index in [-0.39, 0.29) is 10.6 Å². The van der Waals surface area contributed by atoms with Crippen molar-refractivity contribution < 1.29 is 4.92 Å². The summed E-state index contributed by atoms with van der Waals surface area (Å²) in [6.45, 7) is 2.80. The zero-order valence-corrected chi connectivity index (χ0v) is 11.9. The van der Waals surface area contributed by atoms with Gasteiger partial charge in [0, 0.05) is 28.7 Å². The second kappa shape index (κ2) is 5.80. The molecule has 0 spiro atoms. The molecule has 0 aliphatic heterocycles. The van der Waals surface area contributed by atoms with E-state index in [1.54, 1.807) is 12.1 Å². The van der Waals surface area contributed by atoms with E-state index in [0.29, 0.717) is 18.5 Å². The molecule has 0 heterocycles. The minimum Gasteiger partial charge on any atom is -0.309 e. The maximum Gasteiger partial charge on any atom is 0.273 e. The fourth-order valence-corrected chi connectivity index (χ4v) is 2.97. The van der Waals surface area contributed by atoms with Crippen molar-refractivity contribution in [1.29, 1.82) is 0 Å². The summed E-state index contributed by atoms with van der Waals surface area (Å²) in [5, 5.41) is 14.4. The molecular weight excluding hydrogens is 296 g/mol. The van der Waals surface area contributed by atoms with Crippen molar-refractivity contribution in [3.05, 3.63) is 38.3 Å². The molecule has 1 aromatic carbocycles. The number of benzene rings is 1. The molecule has 1 fully saturated rings. The summed E-state index contributed by atoms with van der Waals surface area (Å²) in [4.78, 5) is 10.6. The molecule has 18 heavy (non-hydrogen) atoms. The minimum absolute atomic E-state index is 0.191. The van der Waals surface area contributed by atoms with E-state index < -0.39 is 0 Å². The Bertz CT molecular complexity index is 451. The standard InChI is InChI=1S/C13H17BrN2O2/c1-9-3-2-4-12(9)15-8-10-7-11(14)5-6-13(10)16(17)18/h5-7,9,12,15H,2-4,8H2,1H3. The lowest BCUT2D eigenvalue weighted by molar-refractivity contribution is -0.385. The van der Waals surface area contributed by atoms with Crippen LogP contribution in [-0.4, -0.2) is 11.0 Å². The number of nitrogens with one attached hydrogen (secondary N) is 1. The topological polar surface area (TPSA) is 55.2 Å². The molecule has 1 aromatic rings. The molecule has 0 aromatic heterocycles. The molecule has 0 saturated heterocycles. The van der Waals surface area contributed by atoms with Gasteiger partial charge in [-0.25, -0.2) is 0 Å². The molecule has 1 aliphatic rings. The van der Waals surface area contributed by atoms with Crippen LogP contribution in [0.4, 0.5) is 5.69 Å². The summed E-state index contributed by atoms with van der Waals surface area (Å²) in [7, 11) is 0. The van der Waals surface area contributed by atoms with Crippen LogP contribution in [0.3, 0.4) is 0 Å². The first-order chi connectivity index (χ1) is 8.58. The fraction of sp³-hybridized carbons (Fsp3) is 0.538. The summed E-state index contributed by atoms with van der Waals surface area (Å²) in [6, 6.07) is 5.58. The lowest BCUT2D eigenvalue weighted by atomic mass is 10.1. The number of nitro groups is 1. The van der Waals surface area contributed by atoms with Gasteiger partial charge < -0.3 is 5.32 Å². The molecule has 2 atom stereocenters. The summed E-state index contributed by atoms with van der Waals surface area (Å²) in [5.74, 6) is 0.663. The number of hydrogen-bond acceptors (Lipinski definition) is 3. The van der Waals surface area contributed by atoms with Gasteiger partial charge in [0.15, 0.2) is 0 Å². The molecule has 0 radical (unpaired) electrons. The van der Waals surface area contributed by atoms with E-state index in [9.17, 15) is 10.1 Å². The highest BCUT2D eigenvalue weighted by molar-refractivity contribution is 9.10. The third-order valence-corrected chi connectivity index (χ3v) is 4.15. The van der Waals surface area contributed by atoms with Crippen LogP contribution >= 0.6 is 15.9 Å². The summed E-state index contributed by atoms with van der Waals surface area (Å²) in [5.41, 5.74) is 0.935. The minimum atomic E-state index is -0.318. The number of nitro benzene ring substituents is 1. The highest BCUT2D eigenvalue weighted by Gasteiger charge is 2.23. The Hall–Kier alpha value is -0.940. The van der Waals surface area contributed by atoms with Crippen molar-refractivity contribution in [2.24, 2.45) is 5.92 Å². The first kappa shape index (κ1) is 13.5. The van der Waals surface area contributed by atoms with E-state index in [2.05, 4.69) is 28.2 Å². The van der Waals surface area contributed by atoms with Gasteiger partial charge in [0.25, 0.3) is 5.69 Å². The zero-order valence-electron chi connectivity index (χ0n) is 10.4. The van der Waals surface area contributed by atoms with E-state index in [4.69, 9.17) is 0 Å². The van der Waals surface area contributed by atoms with E-state index >= 15 is 0 Å². The number of halogens is 1. The van der Waals surface area contributed by atoms with Gasteiger partial charge in [-0.3, -0.25) is 10.1 Å². The Morgan fingerprint density at radius 2 is 2.28 bits per heavy atom. The van der Waals surface area contributed by atoms with Crippen LogP contribution in [0.25, 0.3) is 0 Å². The van der Waals surface area contributed by atoms with Crippen LogP contribution in [0.2, 0.25) is 0 Å². The first-order valence-electron chi connectivity index (χ1n) is 6.24. The van der Waals surface area contributed by atoms with Crippen molar-refractivity contribution in [3.8, 4) is 0 Å². The van der Waals surface area contributed by atoms with E-state index in [1.807, 2.05) is 6.07 Å². The van der Waals surface area contributed by atoms with Crippen molar-refractivity contribution in [3.63, 3.8) is 0 Å². The van der Waals surface area contributed by atoms with Gasteiger partial charge in [0.05, 0.1) is 4.92 Å². The summed E-state index contributed by atoms with van der Waals surface area (Å²) >= 11 is 3.36. The summed E-state index contributed by atoms with van der Waals surface area (Å²) < 4.78 is 0.879. The molecule has 2 rings (SSSR count). The Balaban J connectivity index is 2.08. The highest BCUT2D eigenvalue weighted by atomic mass is 79.9. The maximum atomic E-state index is 11.0. The Labute approximate surface area is 115 Å². The van der Waals surface area contributed by atoms with Crippen molar-refractivity contribution in [2.75, 3.05) is 0 Å². The second-order valence-corrected chi connectivity index (χ2v) is 5.84. The van der Waals surface area contributed by atoms with Gasteiger partial charge in [-0.2, -0.15) is 0 Å². The fourth-order valence-electron chi connectivity index (χ4n) is 2.56. The SMILES string of the molecule is CC1CCCC1NCc1cc(Br)ccc1[N+](=O)[O-]. The molecule has 2 unspecified atom stereocenters. The first-order valence-corrected chi connectivity index (χ1v) is 7.03. The Morgan fingerprint density at radius 1 is 1.50 bits per heavy atom. The molecule has 0 amide bonds. The molecule has 4 nitrogen and oxygen atoms in total. The van der Waals surface area contributed by atoms with Crippen LogP contribution in [-0.2, 0) is 6.54 Å². The van der Waals surface area contributed by atoms with Gasteiger partial charge in [0.1, 0.15) is 0 Å². The van der Waals surface area contributed by atoms with Crippen molar-refractivity contribution >= 4 is 21.6 Å². The van der Waals surface area contributed by atoms with Gasteiger partial charge in [-0.15, -0.1) is 0 Å². The average molecular weight is 313 g/mol.